The topological polar surface area (TPSA) is 88.4 Å². The maximum atomic E-state index is 13.9. The van der Waals surface area contributed by atoms with Crippen molar-refractivity contribution in [2.45, 2.75) is 102 Å². The minimum absolute atomic E-state index is 0.0842. The van der Waals surface area contributed by atoms with Crippen LogP contribution in [0.15, 0.2) is 16.9 Å². The molecule has 3 aliphatic rings. The monoisotopic (exact) mass is 557 g/mol. The van der Waals surface area contributed by atoms with E-state index < -0.39 is 42.9 Å². The van der Waals surface area contributed by atoms with E-state index in [-0.39, 0.29) is 49.3 Å². The maximum Gasteiger partial charge on any atom is 0.389 e. The van der Waals surface area contributed by atoms with Gasteiger partial charge in [0.1, 0.15) is 0 Å². The normalized spacial score (nSPS) is 22.1. The minimum atomic E-state index is -4.41. The lowest BCUT2D eigenvalue weighted by Crippen LogP contribution is -2.41. The summed E-state index contributed by atoms with van der Waals surface area (Å²) in [5, 5.41) is 9.78. The minimum Gasteiger partial charge on any atom is -0.349 e. The Balaban J connectivity index is 1.54. The number of rotatable bonds is 11. The van der Waals surface area contributed by atoms with Crippen molar-refractivity contribution in [1.29, 1.82) is 0 Å². The lowest BCUT2D eigenvalue weighted by Gasteiger charge is -2.35. The zero-order chi connectivity index (χ0) is 28.4. The fourth-order valence-corrected chi connectivity index (χ4v) is 5.36. The molecule has 1 heterocycles. The number of amides is 2. The molecule has 2 atom stereocenters. The van der Waals surface area contributed by atoms with Crippen LogP contribution in [0, 0.1) is 17.8 Å². The fraction of sp³-hybridized carbons (Fsp3) is 0.704. The van der Waals surface area contributed by atoms with Gasteiger partial charge in [-0.3, -0.25) is 9.59 Å². The zero-order valence-corrected chi connectivity index (χ0v) is 22.1. The second kappa shape index (κ2) is 11.8. The van der Waals surface area contributed by atoms with Crippen molar-refractivity contribution in [2.75, 3.05) is 0 Å². The number of aromatic nitrogens is 2. The molecule has 0 aliphatic heterocycles. The van der Waals surface area contributed by atoms with Crippen molar-refractivity contribution in [3.63, 3.8) is 0 Å². The Bertz CT molecular complexity index is 1080. The Morgan fingerprint density at radius 3 is 2.36 bits per heavy atom. The molecular weight excluding hydrogens is 521 g/mol. The third-order valence-corrected chi connectivity index (χ3v) is 8.10. The summed E-state index contributed by atoms with van der Waals surface area (Å²) in [6, 6.07) is -1.01. The molecule has 1 aromatic rings. The SMILES string of the molecule is C=Nn1cc([C@@H](NC(=O)C2CCC2)C2CCC(F)(F)CC2)nc1/C=C(\C)[C@H](NC(=O)CCC(F)(F)F)C1CC1. The van der Waals surface area contributed by atoms with Gasteiger partial charge in [0.15, 0.2) is 5.82 Å². The second-order valence-corrected chi connectivity index (χ2v) is 11.2. The number of nitrogens with one attached hydrogen (secondary N) is 2. The third-order valence-electron chi connectivity index (χ3n) is 8.10. The molecule has 0 bridgehead atoms. The molecule has 3 aliphatic carbocycles. The number of hydrogen-bond acceptors (Lipinski definition) is 4. The molecule has 1 aromatic heterocycles. The van der Waals surface area contributed by atoms with Crippen LogP contribution in [-0.2, 0) is 9.59 Å². The van der Waals surface area contributed by atoms with Crippen LogP contribution < -0.4 is 10.6 Å². The van der Waals surface area contributed by atoms with Gasteiger partial charge in [-0.05, 0) is 68.9 Å². The van der Waals surface area contributed by atoms with Crippen molar-refractivity contribution in [2.24, 2.45) is 22.9 Å². The van der Waals surface area contributed by atoms with Crippen LogP contribution >= 0.6 is 0 Å². The lowest BCUT2D eigenvalue weighted by molar-refractivity contribution is -0.144. The molecule has 0 spiro atoms. The zero-order valence-electron chi connectivity index (χ0n) is 22.1. The van der Waals surface area contributed by atoms with E-state index in [9.17, 15) is 31.5 Å². The van der Waals surface area contributed by atoms with E-state index in [1.54, 1.807) is 19.2 Å². The quantitative estimate of drug-likeness (QED) is 0.268. The van der Waals surface area contributed by atoms with Gasteiger partial charge in [0.05, 0.1) is 30.4 Å². The first-order valence-electron chi connectivity index (χ1n) is 13.6. The lowest BCUT2D eigenvalue weighted by atomic mass is 9.80. The number of alkyl halides is 5. The molecular formula is C27H36F5N5O2. The van der Waals surface area contributed by atoms with E-state index >= 15 is 0 Å². The summed E-state index contributed by atoms with van der Waals surface area (Å²) in [5.41, 5.74) is 1.19. The average molecular weight is 558 g/mol. The molecule has 7 nitrogen and oxygen atoms in total. The van der Waals surface area contributed by atoms with Gasteiger partial charge in [-0.25, -0.2) is 18.4 Å². The summed E-state index contributed by atoms with van der Waals surface area (Å²) in [4.78, 5) is 29.8. The summed E-state index contributed by atoms with van der Waals surface area (Å²) < 4.78 is 66.9. The van der Waals surface area contributed by atoms with Gasteiger partial charge in [0.25, 0.3) is 0 Å². The molecule has 2 N–H and O–H groups in total. The number of halogens is 5. The largest absolute Gasteiger partial charge is 0.389 e. The maximum absolute atomic E-state index is 13.9. The van der Waals surface area contributed by atoms with E-state index in [1.165, 1.54) is 4.68 Å². The molecule has 4 rings (SSSR count). The van der Waals surface area contributed by atoms with E-state index in [4.69, 9.17) is 0 Å². The first-order valence-corrected chi connectivity index (χ1v) is 13.6. The molecule has 0 radical (unpaired) electrons. The number of imidazole rings is 1. The van der Waals surface area contributed by atoms with Crippen molar-refractivity contribution in [3.05, 3.63) is 23.3 Å². The predicted molar refractivity (Wildman–Crippen MR) is 136 cm³/mol. The van der Waals surface area contributed by atoms with Gasteiger partial charge in [-0.15, -0.1) is 0 Å². The van der Waals surface area contributed by atoms with E-state index in [2.05, 4.69) is 27.4 Å². The van der Waals surface area contributed by atoms with Gasteiger partial charge in [-0.2, -0.15) is 18.3 Å². The Morgan fingerprint density at radius 2 is 1.82 bits per heavy atom. The van der Waals surface area contributed by atoms with Crippen LogP contribution in [0.25, 0.3) is 6.08 Å². The summed E-state index contributed by atoms with van der Waals surface area (Å²) in [6.07, 6.45) is 1.34. The highest BCUT2D eigenvalue weighted by atomic mass is 19.4. The smallest absolute Gasteiger partial charge is 0.349 e. The van der Waals surface area contributed by atoms with Crippen LogP contribution in [0.3, 0.4) is 0 Å². The van der Waals surface area contributed by atoms with Crippen LogP contribution in [0.2, 0.25) is 0 Å². The molecule has 3 fully saturated rings. The number of carbonyl (C=O) groups excluding carboxylic acids is 2. The van der Waals surface area contributed by atoms with Crippen LogP contribution in [0.5, 0.6) is 0 Å². The molecule has 2 amide bonds. The van der Waals surface area contributed by atoms with E-state index in [1.807, 2.05) is 0 Å². The first-order chi connectivity index (χ1) is 18.3. The predicted octanol–water partition coefficient (Wildman–Crippen LogP) is 5.77. The molecule has 0 saturated heterocycles. The van der Waals surface area contributed by atoms with Crippen LogP contribution in [-0.4, -0.2) is 46.3 Å². The van der Waals surface area contributed by atoms with Crippen molar-refractivity contribution in [3.8, 4) is 0 Å². The highest BCUT2D eigenvalue weighted by molar-refractivity contribution is 5.80. The van der Waals surface area contributed by atoms with Crippen molar-refractivity contribution >= 4 is 24.6 Å². The third kappa shape index (κ3) is 7.88. The van der Waals surface area contributed by atoms with Gasteiger partial charge in [0, 0.05) is 31.9 Å². The molecule has 39 heavy (non-hydrogen) atoms. The molecule has 0 aromatic carbocycles. The van der Waals surface area contributed by atoms with Gasteiger partial charge < -0.3 is 10.6 Å². The number of carbonyl (C=O) groups is 2. The summed E-state index contributed by atoms with van der Waals surface area (Å²) in [6.45, 7) is 5.36. The number of nitrogens with zero attached hydrogens (tertiary/aromatic N) is 3. The first kappa shape index (κ1) is 29.2. The standard InChI is InChI=1S/C27H36F5N5O2/c1-16(23(17-6-7-17)35-22(38)10-13-27(30,31)32)14-21-34-20(15-37(21)33-2)24(36-25(39)19-4-3-5-19)18-8-11-26(28,29)12-9-18/h14-15,17-19,23-24H,2-13H2,1H3,(H,35,38)(H,36,39)/b16-14+/t23-,24-/m0/s1. The van der Waals surface area contributed by atoms with Crippen LogP contribution in [0.4, 0.5) is 22.0 Å². The Labute approximate surface area is 224 Å². The number of hydrogen-bond donors (Lipinski definition) is 2. The van der Waals surface area contributed by atoms with Gasteiger partial charge >= 0.3 is 6.18 Å². The Kier molecular flexibility index (Phi) is 8.80. The second-order valence-electron chi connectivity index (χ2n) is 11.2. The molecule has 12 heteroatoms. The van der Waals surface area contributed by atoms with Crippen LogP contribution in [0.1, 0.15) is 95.1 Å². The van der Waals surface area contributed by atoms with E-state index in [0.717, 1.165) is 32.1 Å². The Hall–Kier alpha value is -2.79. The summed E-state index contributed by atoms with van der Waals surface area (Å²) >= 11 is 0. The van der Waals surface area contributed by atoms with Gasteiger partial charge in [0.2, 0.25) is 17.7 Å². The van der Waals surface area contributed by atoms with Crippen molar-refractivity contribution < 1.29 is 31.5 Å². The fourth-order valence-electron chi connectivity index (χ4n) is 5.36. The highest BCUT2D eigenvalue weighted by Crippen LogP contribution is 2.42. The van der Waals surface area contributed by atoms with Gasteiger partial charge in [-0.1, -0.05) is 6.42 Å². The molecule has 216 valence electrons. The van der Waals surface area contributed by atoms with Crippen molar-refractivity contribution in [1.82, 2.24) is 20.3 Å². The average Bonchev–Trinajstić information content (AvgIpc) is 3.58. The Morgan fingerprint density at radius 1 is 1.15 bits per heavy atom. The molecule has 3 saturated carbocycles. The van der Waals surface area contributed by atoms with E-state index in [0.29, 0.717) is 17.1 Å². The highest BCUT2D eigenvalue weighted by Gasteiger charge is 2.40. The summed E-state index contributed by atoms with van der Waals surface area (Å²) in [7, 11) is 0. The summed E-state index contributed by atoms with van der Waals surface area (Å²) in [5.74, 6) is -3.30. The molecule has 0 unspecified atom stereocenters.